The van der Waals surface area contributed by atoms with Crippen LogP contribution in [0.2, 0.25) is 0 Å². The van der Waals surface area contributed by atoms with Gasteiger partial charge in [0.05, 0.1) is 14.2 Å². The average Bonchev–Trinajstić information content (AvgIpc) is 2.61. The molecule has 0 radical (unpaired) electrons. The van der Waals surface area contributed by atoms with E-state index in [4.69, 9.17) is 9.47 Å². The molecule has 3 rings (SSSR count). The molecule has 0 aromatic heterocycles. The summed E-state index contributed by atoms with van der Waals surface area (Å²) >= 11 is 0. The summed E-state index contributed by atoms with van der Waals surface area (Å²) in [5, 5.41) is 0. The highest BCUT2D eigenvalue weighted by atomic mass is 16.5. The van der Waals surface area contributed by atoms with Gasteiger partial charge in [-0.25, -0.2) is 0 Å². The van der Waals surface area contributed by atoms with Crippen molar-refractivity contribution in [3.63, 3.8) is 0 Å². The van der Waals surface area contributed by atoms with Gasteiger partial charge in [-0.15, -0.1) is 0 Å². The molecule has 0 N–H and O–H groups in total. The standard InChI is InChI=1S/C20H20O3/c1-22-19-9-8-15(13-20(19)23-2)17-10-16(11-18(21)12-17)14-6-4-3-5-7-14/h3-9,11,13,17H,10,12H2,1-2H3. The van der Waals surface area contributed by atoms with Gasteiger partial charge in [0.2, 0.25) is 0 Å². The lowest BCUT2D eigenvalue weighted by atomic mass is 9.81. The normalized spacial score (nSPS) is 17.6. The molecule has 1 aliphatic carbocycles. The lowest BCUT2D eigenvalue weighted by Gasteiger charge is -2.23. The number of ether oxygens (including phenoxy) is 2. The van der Waals surface area contributed by atoms with E-state index in [1.807, 2.05) is 36.4 Å². The number of benzene rings is 2. The van der Waals surface area contributed by atoms with Crippen molar-refractivity contribution in [2.45, 2.75) is 18.8 Å². The minimum absolute atomic E-state index is 0.169. The Balaban J connectivity index is 1.90. The third-order valence-electron chi connectivity index (χ3n) is 4.27. The van der Waals surface area contributed by atoms with Crippen LogP contribution < -0.4 is 9.47 Å². The molecule has 0 aliphatic heterocycles. The molecule has 0 spiro atoms. The van der Waals surface area contributed by atoms with Gasteiger partial charge in [0.25, 0.3) is 0 Å². The quantitative estimate of drug-likeness (QED) is 0.847. The molecule has 23 heavy (non-hydrogen) atoms. The SMILES string of the molecule is COc1ccc(C2CC(=O)C=C(c3ccccc3)C2)cc1OC. The van der Waals surface area contributed by atoms with Gasteiger partial charge in [-0.05, 0) is 47.2 Å². The predicted octanol–water partition coefficient (Wildman–Crippen LogP) is 4.23. The highest BCUT2D eigenvalue weighted by Crippen LogP contribution is 2.39. The van der Waals surface area contributed by atoms with Gasteiger partial charge in [-0.3, -0.25) is 4.79 Å². The monoisotopic (exact) mass is 308 g/mol. The lowest BCUT2D eigenvalue weighted by molar-refractivity contribution is -0.115. The topological polar surface area (TPSA) is 35.5 Å². The zero-order chi connectivity index (χ0) is 16.2. The first kappa shape index (κ1) is 15.3. The molecule has 0 heterocycles. The first-order valence-corrected chi connectivity index (χ1v) is 7.72. The van der Waals surface area contributed by atoms with Crippen molar-refractivity contribution in [3.8, 4) is 11.5 Å². The van der Waals surface area contributed by atoms with Crippen LogP contribution in [0, 0.1) is 0 Å². The molecule has 1 unspecified atom stereocenters. The first-order chi connectivity index (χ1) is 11.2. The molecule has 2 aromatic rings. The maximum Gasteiger partial charge on any atom is 0.160 e. The zero-order valence-corrected chi connectivity index (χ0v) is 13.4. The fraction of sp³-hybridized carbons (Fsp3) is 0.250. The molecule has 3 nitrogen and oxygen atoms in total. The Labute approximate surface area is 136 Å². The molecule has 118 valence electrons. The number of hydrogen-bond donors (Lipinski definition) is 0. The Hall–Kier alpha value is -2.55. The molecule has 0 saturated heterocycles. The second kappa shape index (κ2) is 6.69. The molecule has 0 amide bonds. The summed E-state index contributed by atoms with van der Waals surface area (Å²) in [7, 11) is 3.25. The summed E-state index contributed by atoms with van der Waals surface area (Å²) in [5.41, 5.74) is 3.32. The van der Waals surface area contributed by atoms with E-state index in [1.165, 1.54) is 0 Å². The maximum absolute atomic E-state index is 12.2. The number of methoxy groups -OCH3 is 2. The summed E-state index contributed by atoms with van der Waals surface area (Å²) in [6, 6.07) is 16.0. The number of carbonyl (C=O) groups is 1. The summed E-state index contributed by atoms with van der Waals surface area (Å²) in [5.74, 6) is 1.75. The van der Waals surface area contributed by atoms with Crippen LogP contribution in [0.15, 0.2) is 54.6 Å². The Morgan fingerprint density at radius 3 is 2.35 bits per heavy atom. The van der Waals surface area contributed by atoms with Crippen LogP contribution in [0.4, 0.5) is 0 Å². The van der Waals surface area contributed by atoms with Gasteiger partial charge in [-0.1, -0.05) is 36.4 Å². The van der Waals surface area contributed by atoms with E-state index in [0.717, 1.165) is 23.1 Å². The van der Waals surface area contributed by atoms with E-state index in [9.17, 15) is 4.79 Å². The van der Waals surface area contributed by atoms with Crippen LogP contribution in [0.25, 0.3) is 5.57 Å². The minimum Gasteiger partial charge on any atom is -0.493 e. The largest absolute Gasteiger partial charge is 0.493 e. The van der Waals surface area contributed by atoms with Crippen molar-refractivity contribution in [3.05, 3.63) is 65.7 Å². The number of ketones is 1. The third-order valence-corrected chi connectivity index (χ3v) is 4.27. The Kier molecular flexibility index (Phi) is 4.47. The van der Waals surface area contributed by atoms with E-state index in [2.05, 4.69) is 12.1 Å². The van der Waals surface area contributed by atoms with Gasteiger partial charge < -0.3 is 9.47 Å². The average molecular weight is 308 g/mol. The smallest absolute Gasteiger partial charge is 0.160 e. The zero-order valence-electron chi connectivity index (χ0n) is 13.4. The molecule has 1 aliphatic rings. The molecule has 1 atom stereocenters. The van der Waals surface area contributed by atoms with Gasteiger partial charge in [-0.2, -0.15) is 0 Å². The van der Waals surface area contributed by atoms with Crippen LogP contribution >= 0.6 is 0 Å². The summed E-state index contributed by atoms with van der Waals surface area (Å²) in [6.45, 7) is 0. The van der Waals surface area contributed by atoms with E-state index in [0.29, 0.717) is 17.9 Å². The van der Waals surface area contributed by atoms with E-state index >= 15 is 0 Å². The van der Waals surface area contributed by atoms with Crippen molar-refractivity contribution in [2.75, 3.05) is 14.2 Å². The van der Waals surface area contributed by atoms with Crippen molar-refractivity contribution < 1.29 is 14.3 Å². The van der Waals surface area contributed by atoms with E-state index in [1.54, 1.807) is 20.3 Å². The first-order valence-electron chi connectivity index (χ1n) is 7.72. The van der Waals surface area contributed by atoms with Crippen molar-refractivity contribution in [1.29, 1.82) is 0 Å². The van der Waals surface area contributed by atoms with Crippen LogP contribution in [0.1, 0.15) is 29.9 Å². The lowest BCUT2D eigenvalue weighted by Crippen LogP contribution is -2.12. The van der Waals surface area contributed by atoms with Crippen LogP contribution in [0.3, 0.4) is 0 Å². The second-order valence-corrected chi connectivity index (χ2v) is 5.72. The van der Waals surface area contributed by atoms with Gasteiger partial charge in [0.1, 0.15) is 0 Å². The molecular formula is C20H20O3. The van der Waals surface area contributed by atoms with Crippen molar-refractivity contribution >= 4 is 11.4 Å². The van der Waals surface area contributed by atoms with Crippen molar-refractivity contribution in [1.82, 2.24) is 0 Å². The van der Waals surface area contributed by atoms with Crippen LogP contribution in [0.5, 0.6) is 11.5 Å². The molecular weight excluding hydrogens is 288 g/mol. The number of allylic oxidation sites excluding steroid dienone is 2. The molecule has 3 heteroatoms. The summed E-state index contributed by atoms with van der Waals surface area (Å²) in [6.07, 6.45) is 3.17. The molecule has 0 bridgehead atoms. The Bertz CT molecular complexity index is 732. The minimum atomic E-state index is 0.169. The predicted molar refractivity (Wildman–Crippen MR) is 90.9 cm³/mol. The number of carbonyl (C=O) groups excluding carboxylic acids is 1. The Morgan fingerprint density at radius 2 is 1.65 bits per heavy atom. The van der Waals surface area contributed by atoms with Gasteiger partial charge >= 0.3 is 0 Å². The fourth-order valence-electron chi connectivity index (χ4n) is 3.09. The van der Waals surface area contributed by atoms with E-state index < -0.39 is 0 Å². The van der Waals surface area contributed by atoms with Crippen molar-refractivity contribution in [2.24, 2.45) is 0 Å². The van der Waals surface area contributed by atoms with E-state index in [-0.39, 0.29) is 11.7 Å². The second-order valence-electron chi connectivity index (χ2n) is 5.72. The molecule has 0 fully saturated rings. The van der Waals surface area contributed by atoms with Crippen LogP contribution in [-0.4, -0.2) is 20.0 Å². The van der Waals surface area contributed by atoms with Gasteiger partial charge in [0, 0.05) is 6.42 Å². The summed E-state index contributed by atoms with van der Waals surface area (Å²) in [4.78, 5) is 12.2. The number of hydrogen-bond acceptors (Lipinski definition) is 3. The summed E-state index contributed by atoms with van der Waals surface area (Å²) < 4.78 is 10.7. The molecule has 2 aromatic carbocycles. The highest BCUT2D eigenvalue weighted by Gasteiger charge is 2.23. The maximum atomic E-state index is 12.2. The molecule has 0 saturated carbocycles. The fourth-order valence-corrected chi connectivity index (χ4v) is 3.09. The highest BCUT2D eigenvalue weighted by molar-refractivity contribution is 5.99. The Morgan fingerprint density at radius 1 is 0.913 bits per heavy atom. The third kappa shape index (κ3) is 3.29. The van der Waals surface area contributed by atoms with Gasteiger partial charge in [0.15, 0.2) is 17.3 Å². The van der Waals surface area contributed by atoms with Crippen LogP contribution in [-0.2, 0) is 4.79 Å². The number of rotatable bonds is 4.